The number of carbonyl (C=O) groups is 1. The number of aryl methyl sites for hydroxylation is 2. The Bertz CT molecular complexity index is 692. The van der Waals surface area contributed by atoms with E-state index in [-0.39, 0.29) is 17.9 Å². The van der Waals surface area contributed by atoms with E-state index in [1.165, 1.54) is 0 Å². The van der Waals surface area contributed by atoms with E-state index < -0.39 is 5.97 Å². The van der Waals surface area contributed by atoms with Crippen LogP contribution in [0.5, 0.6) is 11.5 Å². The molecule has 0 aliphatic rings. The second-order valence-electron chi connectivity index (χ2n) is 5.69. The van der Waals surface area contributed by atoms with Crippen LogP contribution in [0.15, 0.2) is 36.4 Å². The van der Waals surface area contributed by atoms with Gasteiger partial charge in [0.05, 0.1) is 0 Å². The van der Waals surface area contributed by atoms with Crippen LogP contribution in [0.4, 0.5) is 0 Å². The third-order valence-electron chi connectivity index (χ3n) is 3.83. The quantitative estimate of drug-likeness (QED) is 0.718. The van der Waals surface area contributed by atoms with Gasteiger partial charge in [-0.25, -0.2) is 0 Å². The van der Waals surface area contributed by atoms with Crippen LogP contribution in [0, 0.1) is 0 Å². The van der Waals surface area contributed by atoms with Crippen LogP contribution in [0.3, 0.4) is 0 Å². The number of phenolic OH excluding ortho intramolecular Hbond substituents is 2. The molecular formula is C19H22O4. The lowest BCUT2D eigenvalue weighted by molar-refractivity contribution is -0.137. The predicted molar refractivity (Wildman–Crippen MR) is 89.8 cm³/mol. The van der Waals surface area contributed by atoms with E-state index in [0.717, 1.165) is 29.5 Å². The fourth-order valence-corrected chi connectivity index (χ4v) is 2.64. The number of rotatable bonds is 7. The molecule has 0 fully saturated rings. The minimum absolute atomic E-state index is 0.135. The van der Waals surface area contributed by atoms with Crippen molar-refractivity contribution in [1.82, 2.24) is 0 Å². The Morgan fingerprint density at radius 3 is 2.43 bits per heavy atom. The molecule has 0 spiro atoms. The van der Waals surface area contributed by atoms with Crippen molar-refractivity contribution in [2.45, 2.75) is 39.0 Å². The highest BCUT2D eigenvalue weighted by Gasteiger charge is 2.09. The fraction of sp³-hybridized carbons (Fsp3) is 0.316. The number of aromatic hydroxyl groups is 2. The summed E-state index contributed by atoms with van der Waals surface area (Å²) < 4.78 is 0. The molecule has 0 radical (unpaired) electrons. The molecule has 2 aromatic carbocycles. The Balaban J connectivity index is 2.27. The minimum Gasteiger partial charge on any atom is -0.508 e. The van der Waals surface area contributed by atoms with E-state index in [4.69, 9.17) is 5.11 Å². The molecule has 2 rings (SSSR count). The summed E-state index contributed by atoms with van der Waals surface area (Å²) in [6.07, 6.45) is 3.06. The number of hydrogen-bond acceptors (Lipinski definition) is 3. The van der Waals surface area contributed by atoms with Gasteiger partial charge in [-0.15, -0.1) is 0 Å². The van der Waals surface area contributed by atoms with Gasteiger partial charge in [-0.3, -0.25) is 4.79 Å². The zero-order valence-corrected chi connectivity index (χ0v) is 13.2. The molecule has 0 aromatic heterocycles. The Kier molecular flexibility index (Phi) is 5.63. The summed E-state index contributed by atoms with van der Waals surface area (Å²) in [6, 6.07) is 10.7. The van der Waals surface area contributed by atoms with E-state index in [2.05, 4.69) is 0 Å². The molecule has 0 bridgehead atoms. The molecule has 0 heterocycles. The van der Waals surface area contributed by atoms with Crippen LogP contribution < -0.4 is 0 Å². The molecule has 0 atom stereocenters. The SMILES string of the molecule is CCCc1cc(-c2cc(CCCC(=O)O)ccc2O)ccc1O. The molecule has 23 heavy (non-hydrogen) atoms. The lowest BCUT2D eigenvalue weighted by Gasteiger charge is -2.11. The molecule has 0 aliphatic heterocycles. The molecular weight excluding hydrogens is 292 g/mol. The number of aliphatic carboxylic acids is 1. The van der Waals surface area contributed by atoms with E-state index in [1.807, 2.05) is 25.1 Å². The van der Waals surface area contributed by atoms with Crippen molar-refractivity contribution in [3.8, 4) is 22.6 Å². The first-order valence-corrected chi connectivity index (χ1v) is 7.87. The maximum Gasteiger partial charge on any atom is 0.303 e. The molecule has 4 heteroatoms. The third kappa shape index (κ3) is 4.49. The van der Waals surface area contributed by atoms with Crippen molar-refractivity contribution in [3.05, 3.63) is 47.5 Å². The van der Waals surface area contributed by atoms with Crippen LogP contribution in [0.1, 0.15) is 37.3 Å². The summed E-state index contributed by atoms with van der Waals surface area (Å²) in [5.74, 6) is -0.348. The molecule has 0 amide bonds. The van der Waals surface area contributed by atoms with Gasteiger partial charge in [0.25, 0.3) is 0 Å². The van der Waals surface area contributed by atoms with Gasteiger partial charge in [0.15, 0.2) is 0 Å². The third-order valence-corrected chi connectivity index (χ3v) is 3.83. The summed E-state index contributed by atoms with van der Waals surface area (Å²) in [6.45, 7) is 2.05. The standard InChI is InChI=1S/C19H22O4/c1-2-4-15-12-14(8-10-17(15)20)16-11-13(7-9-18(16)21)5-3-6-19(22)23/h7-12,20-21H,2-6H2,1H3,(H,22,23). The second kappa shape index (κ2) is 7.68. The first kappa shape index (κ1) is 16.9. The largest absolute Gasteiger partial charge is 0.508 e. The normalized spacial score (nSPS) is 10.7. The number of carboxylic acid groups (broad SMARTS) is 1. The van der Waals surface area contributed by atoms with E-state index >= 15 is 0 Å². The van der Waals surface area contributed by atoms with Gasteiger partial charge in [0.1, 0.15) is 11.5 Å². The van der Waals surface area contributed by atoms with Gasteiger partial charge < -0.3 is 15.3 Å². The Hall–Kier alpha value is -2.49. The smallest absolute Gasteiger partial charge is 0.303 e. The Morgan fingerprint density at radius 2 is 1.74 bits per heavy atom. The average molecular weight is 314 g/mol. The van der Waals surface area contributed by atoms with Gasteiger partial charge in [-0.2, -0.15) is 0 Å². The van der Waals surface area contributed by atoms with E-state index in [0.29, 0.717) is 18.4 Å². The number of carboxylic acids is 1. The molecule has 0 saturated heterocycles. The zero-order valence-electron chi connectivity index (χ0n) is 13.2. The number of phenols is 2. The summed E-state index contributed by atoms with van der Waals surface area (Å²) in [4.78, 5) is 10.6. The maximum absolute atomic E-state index is 10.6. The fourth-order valence-electron chi connectivity index (χ4n) is 2.64. The first-order valence-electron chi connectivity index (χ1n) is 7.87. The van der Waals surface area contributed by atoms with Gasteiger partial charge in [-0.1, -0.05) is 25.5 Å². The Morgan fingerprint density at radius 1 is 1.00 bits per heavy atom. The molecule has 0 unspecified atom stereocenters. The summed E-state index contributed by atoms with van der Waals surface area (Å²) in [5, 5.41) is 28.7. The molecule has 0 saturated carbocycles. The lowest BCUT2D eigenvalue weighted by Crippen LogP contribution is -1.96. The van der Waals surface area contributed by atoms with Crippen molar-refractivity contribution in [3.63, 3.8) is 0 Å². The van der Waals surface area contributed by atoms with Crippen LogP contribution in [-0.4, -0.2) is 21.3 Å². The summed E-state index contributed by atoms with van der Waals surface area (Å²) in [7, 11) is 0. The van der Waals surface area contributed by atoms with Gasteiger partial charge >= 0.3 is 5.97 Å². The monoisotopic (exact) mass is 314 g/mol. The van der Waals surface area contributed by atoms with Crippen LogP contribution in [-0.2, 0) is 17.6 Å². The van der Waals surface area contributed by atoms with Crippen molar-refractivity contribution in [2.75, 3.05) is 0 Å². The summed E-state index contributed by atoms with van der Waals surface area (Å²) in [5.41, 5.74) is 3.41. The van der Waals surface area contributed by atoms with Crippen LogP contribution in [0.2, 0.25) is 0 Å². The molecule has 3 N–H and O–H groups in total. The Labute approximate surface area is 136 Å². The highest BCUT2D eigenvalue weighted by Crippen LogP contribution is 2.33. The van der Waals surface area contributed by atoms with E-state index in [9.17, 15) is 15.0 Å². The zero-order chi connectivity index (χ0) is 16.8. The minimum atomic E-state index is -0.799. The molecule has 122 valence electrons. The first-order chi connectivity index (χ1) is 11.0. The van der Waals surface area contributed by atoms with Crippen molar-refractivity contribution >= 4 is 5.97 Å². The lowest BCUT2D eigenvalue weighted by atomic mass is 9.96. The molecule has 4 nitrogen and oxygen atoms in total. The average Bonchev–Trinajstić information content (AvgIpc) is 2.51. The molecule has 0 aliphatic carbocycles. The van der Waals surface area contributed by atoms with Gasteiger partial charge in [0, 0.05) is 12.0 Å². The second-order valence-corrected chi connectivity index (χ2v) is 5.69. The number of benzene rings is 2. The number of hydrogen-bond donors (Lipinski definition) is 3. The van der Waals surface area contributed by atoms with Crippen LogP contribution in [0.25, 0.3) is 11.1 Å². The van der Waals surface area contributed by atoms with E-state index in [1.54, 1.807) is 18.2 Å². The van der Waals surface area contributed by atoms with Crippen molar-refractivity contribution in [2.24, 2.45) is 0 Å². The van der Waals surface area contributed by atoms with Crippen LogP contribution >= 0.6 is 0 Å². The maximum atomic E-state index is 10.6. The highest BCUT2D eigenvalue weighted by atomic mass is 16.4. The predicted octanol–water partition coefficient (Wildman–Crippen LogP) is 4.12. The topological polar surface area (TPSA) is 77.8 Å². The molecule has 2 aromatic rings. The highest BCUT2D eigenvalue weighted by molar-refractivity contribution is 5.72. The van der Waals surface area contributed by atoms with Gasteiger partial charge in [-0.05, 0) is 60.2 Å². The van der Waals surface area contributed by atoms with Crippen molar-refractivity contribution in [1.29, 1.82) is 0 Å². The van der Waals surface area contributed by atoms with Gasteiger partial charge in [0.2, 0.25) is 0 Å². The van der Waals surface area contributed by atoms with Crippen molar-refractivity contribution < 1.29 is 20.1 Å². The summed E-state index contributed by atoms with van der Waals surface area (Å²) >= 11 is 0.